The van der Waals surface area contributed by atoms with Gasteiger partial charge < -0.3 is 10.1 Å². The van der Waals surface area contributed by atoms with Crippen LogP contribution in [0.3, 0.4) is 0 Å². The molecule has 0 aliphatic heterocycles. The summed E-state index contributed by atoms with van der Waals surface area (Å²) in [4.78, 5) is 16.1. The highest BCUT2D eigenvalue weighted by atomic mass is 19.4. The molecule has 0 saturated heterocycles. The van der Waals surface area contributed by atoms with Crippen molar-refractivity contribution in [2.45, 2.75) is 12.2 Å². The number of nitrogens with zero attached hydrogens (tertiary/aromatic N) is 2. The van der Waals surface area contributed by atoms with Crippen molar-refractivity contribution in [3.05, 3.63) is 65.0 Å². The van der Waals surface area contributed by atoms with Crippen LogP contribution in [-0.2, 0) is 10.9 Å². The summed E-state index contributed by atoms with van der Waals surface area (Å²) in [5.41, 5.74) is -0.203. The van der Waals surface area contributed by atoms with Gasteiger partial charge >= 0.3 is 6.18 Å². The molecular formula is C17H14F3N3O2. The summed E-state index contributed by atoms with van der Waals surface area (Å²) in [7, 11) is 1.38. The number of carbonyl (C=O) groups excluding carboxylic acids is 1. The third-order valence-corrected chi connectivity index (χ3v) is 3.38. The number of carbonyl (C=O) groups is 1. The Bertz CT molecular complexity index is 783. The largest absolute Gasteiger partial charge is 0.416 e. The molecule has 2 rings (SSSR count). The SMILES string of the molecule is COCC(NC(=O)c1ccc(C#N)cn1)c1cccc(C(F)(F)F)c1. The van der Waals surface area contributed by atoms with Gasteiger partial charge in [0.2, 0.25) is 0 Å². The monoisotopic (exact) mass is 349 g/mol. The lowest BCUT2D eigenvalue weighted by Gasteiger charge is -2.19. The molecular weight excluding hydrogens is 335 g/mol. The number of alkyl halides is 3. The molecule has 2 aromatic rings. The second kappa shape index (κ2) is 7.77. The maximum Gasteiger partial charge on any atom is 0.416 e. The molecule has 0 spiro atoms. The Morgan fingerprint density at radius 1 is 1.36 bits per heavy atom. The van der Waals surface area contributed by atoms with E-state index < -0.39 is 23.7 Å². The smallest absolute Gasteiger partial charge is 0.382 e. The molecule has 1 aromatic heterocycles. The van der Waals surface area contributed by atoms with Crippen molar-refractivity contribution in [3.8, 4) is 6.07 Å². The van der Waals surface area contributed by atoms with E-state index in [1.807, 2.05) is 6.07 Å². The molecule has 1 aromatic carbocycles. The van der Waals surface area contributed by atoms with E-state index in [2.05, 4.69) is 10.3 Å². The normalized spacial score (nSPS) is 12.3. The highest BCUT2D eigenvalue weighted by molar-refractivity contribution is 5.92. The molecule has 0 radical (unpaired) electrons. The first-order valence-corrected chi connectivity index (χ1v) is 7.18. The molecule has 130 valence electrons. The van der Waals surface area contributed by atoms with Gasteiger partial charge in [0, 0.05) is 13.3 Å². The van der Waals surface area contributed by atoms with E-state index in [-0.39, 0.29) is 17.9 Å². The molecule has 1 heterocycles. The fourth-order valence-electron chi connectivity index (χ4n) is 2.15. The van der Waals surface area contributed by atoms with Crippen LogP contribution in [0, 0.1) is 11.3 Å². The van der Waals surface area contributed by atoms with Crippen molar-refractivity contribution in [3.63, 3.8) is 0 Å². The van der Waals surface area contributed by atoms with Crippen molar-refractivity contribution >= 4 is 5.91 Å². The van der Waals surface area contributed by atoms with Crippen LogP contribution in [0.4, 0.5) is 13.2 Å². The summed E-state index contributed by atoms with van der Waals surface area (Å²) in [5.74, 6) is -0.580. The molecule has 0 saturated carbocycles. The summed E-state index contributed by atoms with van der Waals surface area (Å²) in [6.45, 7) is -0.0106. The Morgan fingerprint density at radius 3 is 2.68 bits per heavy atom. The van der Waals surface area contributed by atoms with Crippen molar-refractivity contribution < 1.29 is 22.7 Å². The number of hydrogen-bond acceptors (Lipinski definition) is 4. The average Bonchev–Trinajstić information content (AvgIpc) is 2.60. The number of nitriles is 1. The lowest BCUT2D eigenvalue weighted by molar-refractivity contribution is -0.137. The van der Waals surface area contributed by atoms with Gasteiger partial charge in [-0.2, -0.15) is 18.4 Å². The van der Waals surface area contributed by atoms with Crippen LogP contribution in [-0.4, -0.2) is 24.6 Å². The summed E-state index contributed by atoms with van der Waals surface area (Å²) in [6.07, 6.45) is -3.24. The zero-order valence-electron chi connectivity index (χ0n) is 13.2. The van der Waals surface area contributed by atoms with Crippen LogP contribution >= 0.6 is 0 Å². The maximum absolute atomic E-state index is 12.9. The van der Waals surface area contributed by atoms with E-state index in [0.29, 0.717) is 5.56 Å². The summed E-state index contributed by atoms with van der Waals surface area (Å²) < 4.78 is 43.6. The summed E-state index contributed by atoms with van der Waals surface area (Å²) in [6, 6.07) is 8.56. The van der Waals surface area contributed by atoms with Gasteiger partial charge in [-0.05, 0) is 29.8 Å². The average molecular weight is 349 g/mol. The first kappa shape index (κ1) is 18.4. The standard InChI is InChI=1S/C17H14F3N3O2/c1-25-10-15(12-3-2-4-13(7-12)17(18,19)20)23-16(24)14-6-5-11(8-21)9-22-14/h2-7,9,15H,10H2,1H3,(H,23,24). The second-order valence-corrected chi connectivity index (χ2v) is 5.15. The number of halogens is 3. The highest BCUT2D eigenvalue weighted by Crippen LogP contribution is 2.30. The van der Waals surface area contributed by atoms with E-state index in [1.165, 1.54) is 37.6 Å². The van der Waals surface area contributed by atoms with E-state index in [0.717, 1.165) is 12.1 Å². The second-order valence-electron chi connectivity index (χ2n) is 5.15. The molecule has 1 unspecified atom stereocenters. The predicted molar refractivity (Wildman–Crippen MR) is 82.5 cm³/mol. The summed E-state index contributed by atoms with van der Waals surface area (Å²) >= 11 is 0. The van der Waals surface area contributed by atoms with Gasteiger partial charge in [0.05, 0.1) is 23.8 Å². The Balaban J connectivity index is 2.23. The fourth-order valence-corrected chi connectivity index (χ4v) is 2.15. The molecule has 1 atom stereocenters. The number of rotatable bonds is 5. The molecule has 0 fully saturated rings. The number of ether oxygens (including phenoxy) is 1. The van der Waals surface area contributed by atoms with E-state index >= 15 is 0 Å². The number of amides is 1. The number of hydrogen-bond donors (Lipinski definition) is 1. The fraction of sp³-hybridized carbons (Fsp3) is 0.235. The first-order chi connectivity index (χ1) is 11.8. The van der Waals surface area contributed by atoms with Crippen LogP contribution in [0.15, 0.2) is 42.6 Å². The first-order valence-electron chi connectivity index (χ1n) is 7.18. The van der Waals surface area contributed by atoms with Crippen LogP contribution in [0.2, 0.25) is 0 Å². The number of aromatic nitrogens is 1. The van der Waals surface area contributed by atoms with Gasteiger partial charge in [-0.15, -0.1) is 0 Å². The van der Waals surface area contributed by atoms with Crippen molar-refractivity contribution in [1.82, 2.24) is 10.3 Å². The number of benzene rings is 1. The number of nitrogens with one attached hydrogen (secondary N) is 1. The summed E-state index contributed by atoms with van der Waals surface area (Å²) in [5, 5.41) is 11.3. The topological polar surface area (TPSA) is 75.0 Å². The molecule has 0 bridgehead atoms. The predicted octanol–water partition coefficient (Wildman–Crippen LogP) is 3.09. The Labute approximate surface area is 142 Å². The van der Waals surface area contributed by atoms with Gasteiger partial charge in [0.15, 0.2) is 0 Å². The van der Waals surface area contributed by atoms with Crippen molar-refractivity contribution in [2.75, 3.05) is 13.7 Å². The number of methoxy groups -OCH3 is 1. The Hall–Kier alpha value is -2.92. The van der Waals surface area contributed by atoms with Crippen LogP contribution < -0.4 is 5.32 Å². The minimum absolute atomic E-state index is 0.0106. The minimum atomic E-state index is -4.48. The van der Waals surface area contributed by atoms with Crippen LogP contribution in [0.1, 0.15) is 33.2 Å². The molecule has 1 amide bonds. The van der Waals surface area contributed by atoms with Gasteiger partial charge in [0.25, 0.3) is 5.91 Å². The molecule has 5 nitrogen and oxygen atoms in total. The maximum atomic E-state index is 12.9. The number of pyridine rings is 1. The molecule has 25 heavy (non-hydrogen) atoms. The lowest BCUT2D eigenvalue weighted by atomic mass is 10.0. The van der Waals surface area contributed by atoms with Crippen LogP contribution in [0.25, 0.3) is 0 Å². The van der Waals surface area contributed by atoms with Gasteiger partial charge in [-0.25, -0.2) is 4.98 Å². The van der Waals surface area contributed by atoms with Crippen LogP contribution in [0.5, 0.6) is 0 Å². The Morgan fingerprint density at radius 2 is 2.12 bits per heavy atom. The Kier molecular flexibility index (Phi) is 5.72. The zero-order chi connectivity index (χ0) is 18.4. The quantitative estimate of drug-likeness (QED) is 0.900. The third-order valence-electron chi connectivity index (χ3n) is 3.38. The van der Waals surface area contributed by atoms with Gasteiger partial charge in [-0.1, -0.05) is 12.1 Å². The highest BCUT2D eigenvalue weighted by Gasteiger charge is 2.31. The van der Waals surface area contributed by atoms with Gasteiger partial charge in [-0.3, -0.25) is 4.79 Å². The van der Waals surface area contributed by atoms with E-state index in [4.69, 9.17) is 10.00 Å². The molecule has 0 aliphatic rings. The lowest BCUT2D eigenvalue weighted by Crippen LogP contribution is -2.32. The minimum Gasteiger partial charge on any atom is -0.382 e. The van der Waals surface area contributed by atoms with Crippen molar-refractivity contribution in [1.29, 1.82) is 5.26 Å². The molecule has 1 N–H and O–H groups in total. The van der Waals surface area contributed by atoms with E-state index in [1.54, 1.807) is 0 Å². The zero-order valence-corrected chi connectivity index (χ0v) is 13.2. The van der Waals surface area contributed by atoms with Crippen molar-refractivity contribution in [2.24, 2.45) is 0 Å². The molecule has 0 aliphatic carbocycles. The molecule has 8 heteroatoms. The van der Waals surface area contributed by atoms with Gasteiger partial charge in [0.1, 0.15) is 11.8 Å². The third kappa shape index (κ3) is 4.78. The van der Waals surface area contributed by atoms with E-state index in [9.17, 15) is 18.0 Å².